The molecule has 2 heteroatoms. The van der Waals surface area contributed by atoms with E-state index in [0.717, 1.165) is 17.1 Å². The van der Waals surface area contributed by atoms with Gasteiger partial charge in [0.2, 0.25) is 0 Å². The van der Waals surface area contributed by atoms with Crippen molar-refractivity contribution in [1.82, 2.24) is 4.57 Å². The van der Waals surface area contributed by atoms with Crippen LogP contribution in [0.3, 0.4) is 0 Å². The van der Waals surface area contributed by atoms with E-state index in [1.165, 1.54) is 132 Å². The molecule has 0 saturated heterocycles. The predicted molar refractivity (Wildman–Crippen MR) is 374 cm³/mol. The van der Waals surface area contributed by atoms with Crippen molar-refractivity contribution in [2.75, 3.05) is 4.90 Å². The summed E-state index contributed by atoms with van der Waals surface area (Å²) in [5.74, 6) is 0. The average Bonchev–Trinajstić information content (AvgIpc) is 1.20. The summed E-state index contributed by atoms with van der Waals surface area (Å²) in [5, 5.41) is 9.99. The molecule has 0 aliphatic heterocycles. The number of anilines is 3. The SMILES string of the molecule is CC(C)(C)c1cc(-c2ccccc2)cc(-c2cc(N(c3cc(-c4ccc(-c5cc(C(C)(C)C)cc(C(C)(C)C)c5)cc4)cc(C(C)(C)C)c3)c3ccc4ccc5c(-n6c7ccccc7c7ccccc76)ccc6ccc3c4c65)cc(C(C)(C)C)c2)c1. The third-order valence-corrected chi connectivity index (χ3v) is 18.2. The standard InChI is InChI=1S/C84H82N2/c1-80(2,3)63-42-58(53-23-17-16-18-24-53)41-59(43-63)62-47-67(84(13,14)15)52-69(49-62)85(68-48-61(46-66(51-68)83(10,11)12)55-31-29-54(30-32-55)60-44-64(81(4,5)6)50-65(45-60)82(7,8)9)76-39-35-56-34-38-73-77(40-36-57-33-37-72(76)78(56)79(57)73)86-74-27-21-19-25-70(74)71-26-20-22-28-75(71)86/h16-52H,1-15H3. The van der Waals surface area contributed by atoms with Crippen molar-refractivity contribution in [3.05, 3.63) is 252 Å². The van der Waals surface area contributed by atoms with Crippen molar-refractivity contribution in [1.29, 1.82) is 0 Å². The van der Waals surface area contributed by atoms with Crippen molar-refractivity contribution in [2.45, 2.75) is 131 Å². The fraction of sp³-hybridized carbons (Fsp3) is 0.238. The van der Waals surface area contributed by atoms with Gasteiger partial charge in [0.05, 0.1) is 22.4 Å². The lowest BCUT2D eigenvalue weighted by Crippen LogP contribution is -2.17. The smallest absolute Gasteiger partial charge is 0.0541 e. The minimum Gasteiger partial charge on any atom is -0.310 e. The molecule has 0 unspecified atom stereocenters. The molecule has 0 aliphatic rings. The van der Waals surface area contributed by atoms with E-state index in [0.29, 0.717) is 0 Å². The van der Waals surface area contributed by atoms with Crippen molar-refractivity contribution in [2.24, 2.45) is 0 Å². The van der Waals surface area contributed by atoms with Crippen LogP contribution in [0.1, 0.15) is 132 Å². The third kappa shape index (κ3) is 10.3. The van der Waals surface area contributed by atoms with Crippen molar-refractivity contribution >= 4 is 71.2 Å². The van der Waals surface area contributed by atoms with Crippen LogP contribution in [0.15, 0.2) is 224 Å². The molecular formula is C84H82N2. The zero-order valence-corrected chi connectivity index (χ0v) is 53.3. The number of hydrogen-bond donors (Lipinski definition) is 0. The summed E-state index contributed by atoms with van der Waals surface area (Å²) < 4.78 is 2.49. The number of benzene rings is 12. The zero-order valence-electron chi connectivity index (χ0n) is 53.3. The predicted octanol–water partition coefficient (Wildman–Crippen LogP) is 24.3. The molecule has 0 aliphatic carbocycles. The van der Waals surface area contributed by atoms with Gasteiger partial charge in [0.15, 0.2) is 0 Å². The maximum absolute atomic E-state index is 2.60. The second-order valence-electron chi connectivity index (χ2n) is 29.6. The molecule has 12 aromatic carbocycles. The van der Waals surface area contributed by atoms with Gasteiger partial charge in [-0.2, -0.15) is 0 Å². The second kappa shape index (κ2) is 20.5. The first-order valence-electron chi connectivity index (χ1n) is 31.0. The van der Waals surface area contributed by atoms with E-state index in [4.69, 9.17) is 0 Å². The van der Waals surface area contributed by atoms with Gasteiger partial charge in [0.1, 0.15) is 0 Å². The van der Waals surface area contributed by atoms with Gasteiger partial charge in [0, 0.05) is 32.9 Å². The average molecular weight is 1120 g/mol. The molecule has 1 aromatic heterocycles. The van der Waals surface area contributed by atoms with Gasteiger partial charge < -0.3 is 9.47 Å². The first kappa shape index (κ1) is 56.4. The largest absolute Gasteiger partial charge is 0.310 e. The first-order chi connectivity index (χ1) is 40.8. The van der Waals surface area contributed by atoms with Gasteiger partial charge in [-0.25, -0.2) is 0 Å². The molecule has 0 amide bonds. The van der Waals surface area contributed by atoms with E-state index in [1.54, 1.807) is 0 Å². The lowest BCUT2D eigenvalue weighted by Gasteiger charge is -2.32. The van der Waals surface area contributed by atoms with Crippen LogP contribution in [-0.2, 0) is 27.1 Å². The quantitative estimate of drug-likeness (QED) is 0.138. The fourth-order valence-electron chi connectivity index (χ4n) is 13.0. The van der Waals surface area contributed by atoms with Crippen LogP contribution in [-0.4, -0.2) is 4.57 Å². The summed E-state index contributed by atoms with van der Waals surface area (Å²) in [6, 6.07) is 86.2. The molecule has 0 saturated carbocycles. The van der Waals surface area contributed by atoms with Crippen LogP contribution in [0.4, 0.5) is 17.1 Å². The summed E-state index contributed by atoms with van der Waals surface area (Å²) in [5.41, 5.74) is 22.9. The van der Waals surface area contributed by atoms with Crippen LogP contribution in [0.5, 0.6) is 0 Å². The first-order valence-corrected chi connectivity index (χ1v) is 31.0. The van der Waals surface area contributed by atoms with Crippen LogP contribution in [0.25, 0.3) is 104 Å². The minimum atomic E-state index is -0.174. The Labute approximate surface area is 511 Å². The topological polar surface area (TPSA) is 8.17 Å². The van der Waals surface area contributed by atoms with E-state index in [2.05, 4.69) is 338 Å². The number of rotatable bonds is 8. The van der Waals surface area contributed by atoms with Crippen LogP contribution >= 0.6 is 0 Å². The van der Waals surface area contributed by atoms with Gasteiger partial charge in [-0.3, -0.25) is 0 Å². The fourth-order valence-corrected chi connectivity index (χ4v) is 13.0. The Balaban J connectivity index is 1.07. The molecule has 2 nitrogen and oxygen atoms in total. The van der Waals surface area contributed by atoms with Crippen LogP contribution in [0.2, 0.25) is 0 Å². The van der Waals surface area contributed by atoms with Gasteiger partial charge in [-0.1, -0.05) is 274 Å². The Hall–Kier alpha value is -8.72. The number of hydrogen-bond acceptors (Lipinski definition) is 1. The summed E-state index contributed by atoms with van der Waals surface area (Å²) >= 11 is 0. The summed E-state index contributed by atoms with van der Waals surface area (Å²) in [7, 11) is 0. The molecule has 0 fully saturated rings. The van der Waals surface area contributed by atoms with Crippen LogP contribution in [0, 0.1) is 0 Å². The lowest BCUT2D eigenvalue weighted by atomic mass is 9.79. The van der Waals surface area contributed by atoms with Crippen molar-refractivity contribution < 1.29 is 0 Å². The second-order valence-corrected chi connectivity index (χ2v) is 29.6. The Morgan fingerprint density at radius 1 is 0.256 bits per heavy atom. The lowest BCUT2D eigenvalue weighted by molar-refractivity contribution is 0.569. The molecule has 86 heavy (non-hydrogen) atoms. The zero-order chi connectivity index (χ0) is 60.4. The van der Waals surface area contributed by atoms with Crippen LogP contribution < -0.4 is 4.90 Å². The molecular weight excluding hydrogens is 1040 g/mol. The highest BCUT2D eigenvalue weighted by Gasteiger charge is 2.28. The molecule has 13 aromatic rings. The minimum absolute atomic E-state index is 0.0193. The number of nitrogens with zero attached hydrogens (tertiary/aromatic N) is 2. The molecule has 0 atom stereocenters. The summed E-state index contributed by atoms with van der Waals surface area (Å²) in [4.78, 5) is 2.60. The maximum atomic E-state index is 2.60. The number of aromatic nitrogens is 1. The maximum Gasteiger partial charge on any atom is 0.0541 e. The molecule has 13 rings (SSSR count). The Kier molecular flexibility index (Phi) is 13.4. The summed E-state index contributed by atoms with van der Waals surface area (Å²) in [6.07, 6.45) is 0. The van der Waals surface area contributed by atoms with E-state index in [9.17, 15) is 0 Å². The van der Waals surface area contributed by atoms with E-state index < -0.39 is 0 Å². The molecule has 0 bridgehead atoms. The highest BCUT2D eigenvalue weighted by Crippen LogP contribution is 2.49. The van der Waals surface area contributed by atoms with Crippen molar-refractivity contribution in [3.63, 3.8) is 0 Å². The summed E-state index contributed by atoms with van der Waals surface area (Å²) in [6.45, 7) is 35.1. The normalized spacial score (nSPS) is 12.8. The molecule has 0 spiro atoms. The van der Waals surface area contributed by atoms with E-state index in [-0.39, 0.29) is 27.1 Å². The van der Waals surface area contributed by atoms with Gasteiger partial charge in [-0.05, 0) is 176 Å². The highest BCUT2D eigenvalue weighted by atomic mass is 15.1. The Morgan fingerprint density at radius 2 is 0.605 bits per heavy atom. The monoisotopic (exact) mass is 1120 g/mol. The molecule has 0 radical (unpaired) electrons. The molecule has 0 N–H and O–H groups in total. The number of fused-ring (bicyclic) bond motifs is 3. The Morgan fingerprint density at radius 3 is 1.09 bits per heavy atom. The van der Waals surface area contributed by atoms with Gasteiger partial charge >= 0.3 is 0 Å². The third-order valence-electron chi connectivity index (χ3n) is 18.2. The molecule has 428 valence electrons. The van der Waals surface area contributed by atoms with Gasteiger partial charge in [-0.15, -0.1) is 0 Å². The Bertz CT molecular complexity index is 4660. The molecule has 1 heterocycles. The van der Waals surface area contributed by atoms with E-state index in [1.807, 2.05) is 0 Å². The number of para-hydroxylation sites is 2. The van der Waals surface area contributed by atoms with E-state index >= 15 is 0 Å². The van der Waals surface area contributed by atoms with Gasteiger partial charge in [0.25, 0.3) is 0 Å². The highest BCUT2D eigenvalue weighted by molar-refractivity contribution is 6.27. The van der Waals surface area contributed by atoms with Crippen molar-refractivity contribution in [3.8, 4) is 50.2 Å².